The van der Waals surface area contributed by atoms with Crippen LogP contribution in [0, 0.1) is 5.92 Å². The second kappa shape index (κ2) is 4.51. The zero-order valence-electron chi connectivity index (χ0n) is 10.1. The summed E-state index contributed by atoms with van der Waals surface area (Å²) in [4.78, 5) is 14.4. The van der Waals surface area contributed by atoms with Crippen LogP contribution in [0.15, 0.2) is 18.5 Å². The highest BCUT2D eigenvalue weighted by atomic mass is 16.2. The average Bonchev–Trinajstić information content (AvgIpc) is 2.86. The van der Waals surface area contributed by atoms with Crippen LogP contribution >= 0.6 is 0 Å². The van der Waals surface area contributed by atoms with Gasteiger partial charge in [0.2, 0.25) is 5.91 Å². The van der Waals surface area contributed by atoms with Crippen molar-refractivity contribution >= 4 is 5.91 Å². The summed E-state index contributed by atoms with van der Waals surface area (Å²) in [7, 11) is 0. The molecule has 1 aromatic heterocycles. The third kappa shape index (κ3) is 2.08. The Balaban J connectivity index is 1.64. The SMILES string of the molecule is O=C(C1CCC1)N1CCC[C@@H]1Cn1cccn1. The van der Waals surface area contributed by atoms with Gasteiger partial charge in [-0.3, -0.25) is 9.48 Å². The number of amides is 1. The molecule has 2 fully saturated rings. The topological polar surface area (TPSA) is 38.1 Å². The van der Waals surface area contributed by atoms with E-state index < -0.39 is 0 Å². The molecule has 0 unspecified atom stereocenters. The average molecular weight is 233 g/mol. The van der Waals surface area contributed by atoms with E-state index >= 15 is 0 Å². The van der Waals surface area contributed by atoms with Crippen LogP contribution < -0.4 is 0 Å². The van der Waals surface area contributed by atoms with Gasteiger partial charge in [-0.05, 0) is 31.7 Å². The van der Waals surface area contributed by atoms with Crippen LogP contribution in [-0.4, -0.2) is 33.2 Å². The molecule has 92 valence electrons. The van der Waals surface area contributed by atoms with Gasteiger partial charge in [0.1, 0.15) is 0 Å². The maximum atomic E-state index is 12.3. The van der Waals surface area contributed by atoms with Gasteiger partial charge in [0.25, 0.3) is 0 Å². The number of hydrogen-bond acceptors (Lipinski definition) is 2. The third-order valence-corrected chi connectivity index (χ3v) is 4.07. The van der Waals surface area contributed by atoms with E-state index in [9.17, 15) is 4.79 Å². The first-order valence-corrected chi connectivity index (χ1v) is 6.62. The molecular formula is C13H19N3O. The zero-order valence-corrected chi connectivity index (χ0v) is 10.1. The van der Waals surface area contributed by atoms with E-state index in [4.69, 9.17) is 0 Å². The summed E-state index contributed by atoms with van der Waals surface area (Å²) in [6.45, 7) is 1.80. The van der Waals surface area contributed by atoms with Gasteiger partial charge in [-0.25, -0.2) is 0 Å². The number of hydrogen-bond donors (Lipinski definition) is 0. The second-order valence-corrected chi connectivity index (χ2v) is 5.18. The van der Waals surface area contributed by atoms with Crippen molar-refractivity contribution in [3.8, 4) is 0 Å². The lowest BCUT2D eigenvalue weighted by molar-refractivity contribution is -0.139. The van der Waals surface area contributed by atoms with Crippen molar-refractivity contribution in [2.24, 2.45) is 5.92 Å². The molecule has 1 saturated heterocycles. The second-order valence-electron chi connectivity index (χ2n) is 5.18. The van der Waals surface area contributed by atoms with Gasteiger partial charge < -0.3 is 4.90 Å². The highest BCUT2D eigenvalue weighted by Gasteiger charge is 2.35. The molecule has 2 heterocycles. The lowest BCUT2D eigenvalue weighted by atomic mass is 9.84. The molecule has 0 radical (unpaired) electrons. The predicted octanol–water partition coefficient (Wildman–Crippen LogP) is 1.67. The van der Waals surface area contributed by atoms with Gasteiger partial charge in [-0.2, -0.15) is 5.10 Å². The molecule has 17 heavy (non-hydrogen) atoms. The first-order valence-electron chi connectivity index (χ1n) is 6.62. The fourth-order valence-electron chi connectivity index (χ4n) is 2.83. The minimum absolute atomic E-state index is 0.327. The minimum atomic E-state index is 0.327. The summed E-state index contributed by atoms with van der Waals surface area (Å²) in [6.07, 6.45) is 9.47. The summed E-state index contributed by atoms with van der Waals surface area (Å²) in [5.74, 6) is 0.721. The first kappa shape index (κ1) is 10.8. The van der Waals surface area contributed by atoms with Crippen molar-refractivity contribution in [2.75, 3.05) is 6.54 Å². The van der Waals surface area contributed by atoms with Gasteiger partial charge >= 0.3 is 0 Å². The summed E-state index contributed by atoms with van der Waals surface area (Å²) in [5, 5.41) is 4.23. The van der Waals surface area contributed by atoms with E-state index in [0.29, 0.717) is 17.9 Å². The largest absolute Gasteiger partial charge is 0.338 e. The third-order valence-electron chi connectivity index (χ3n) is 4.07. The van der Waals surface area contributed by atoms with E-state index in [-0.39, 0.29) is 0 Å². The van der Waals surface area contributed by atoms with E-state index in [1.807, 2.05) is 16.9 Å². The number of aromatic nitrogens is 2. The van der Waals surface area contributed by atoms with Gasteiger partial charge in [0, 0.05) is 24.9 Å². The maximum absolute atomic E-state index is 12.3. The molecule has 4 heteroatoms. The summed E-state index contributed by atoms with van der Waals surface area (Å²) in [5.41, 5.74) is 0. The van der Waals surface area contributed by atoms with Crippen molar-refractivity contribution in [3.63, 3.8) is 0 Å². The van der Waals surface area contributed by atoms with E-state index in [1.165, 1.54) is 6.42 Å². The normalized spacial score (nSPS) is 24.9. The van der Waals surface area contributed by atoms with Gasteiger partial charge in [-0.1, -0.05) is 6.42 Å². The molecule has 0 N–H and O–H groups in total. The highest BCUT2D eigenvalue weighted by molar-refractivity contribution is 5.80. The Bertz CT molecular complexity index is 383. The van der Waals surface area contributed by atoms with E-state index in [1.54, 1.807) is 6.20 Å². The number of nitrogens with zero attached hydrogens (tertiary/aromatic N) is 3. The van der Waals surface area contributed by atoms with Crippen LogP contribution in [-0.2, 0) is 11.3 Å². The van der Waals surface area contributed by atoms with Crippen LogP contribution in [0.3, 0.4) is 0 Å². The predicted molar refractivity (Wildman–Crippen MR) is 64.3 cm³/mol. The fraction of sp³-hybridized carbons (Fsp3) is 0.692. The van der Waals surface area contributed by atoms with Gasteiger partial charge in [0.05, 0.1) is 12.6 Å². The molecule has 3 rings (SSSR count). The Morgan fingerprint density at radius 2 is 2.18 bits per heavy atom. The van der Waals surface area contributed by atoms with Crippen LogP contribution in [0.4, 0.5) is 0 Å². The van der Waals surface area contributed by atoms with Crippen molar-refractivity contribution in [2.45, 2.75) is 44.7 Å². The molecule has 1 saturated carbocycles. The fourth-order valence-corrected chi connectivity index (χ4v) is 2.83. The van der Waals surface area contributed by atoms with Crippen LogP contribution in [0.25, 0.3) is 0 Å². The van der Waals surface area contributed by atoms with Crippen LogP contribution in [0.2, 0.25) is 0 Å². The van der Waals surface area contributed by atoms with E-state index in [0.717, 1.165) is 38.8 Å². The molecule has 1 atom stereocenters. The standard InChI is InChI=1S/C13H19N3O/c17-13(11-4-1-5-11)16-9-2-6-12(16)10-15-8-3-7-14-15/h3,7-8,11-12H,1-2,4-6,9-10H2/t12-/m1/s1. The van der Waals surface area contributed by atoms with Crippen LogP contribution in [0.1, 0.15) is 32.1 Å². The number of carbonyl (C=O) groups is 1. The highest BCUT2D eigenvalue weighted by Crippen LogP contribution is 2.31. The zero-order chi connectivity index (χ0) is 11.7. The lowest BCUT2D eigenvalue weighted by Crippen LogP contribution is -2.43. The molecule has 4 nitrogen and oxygen atoms in total. The Morgan fingerprint density at radius 3 is 2.82 bits per heavy atom. The molecular weight excluding hydrogens is 214 g/mol. The number of carbonyl (C=O) groups excluding carboxylic acids is 1. The summed E-state index contributed by atoms with van der Waals surface area (Å²) < 4.78 is 1.94. The summed E-state index contributed by atoms with van der Waals surface area (Å²) >= 11 is 0. The number of likely N-dealkylation sites (tertiary alicyclic amines) is 1. The smallest absolute Gasteiger partial charge is 0.225 e. The Hall–Kier alpha value is -1.32. The number of rotatable bonds is 3. The molecule has 1 aliphatic heterocycles. The van der Waals surface area contributed by atoms with Crippen molar-refractivity contribution in [1.82, 2.24) is 14.7 Å². The monoisotopic (exact) mass is 233 g/mol. The Morgan fingerprint density at radius 1 is 1.29 bits per heavy atom. The Labute approximate surface area is 102 Å². The first-order chi connectivity index (χ1) is 8.34. The van der Waals surface area contributed by atoms with E-state index in [2.05, 4.69) is 10.00 Å². The van der Waals surface area contributed by atoms with Crippen LogP contribution in [0.5, 0.6) is 0 Å². The molecule has 1 aliphatic carbocycles. The van der Waals surface area contributed by atoms with Crippen molar-refractivity contribution < 1.29 is 4.79 Å². The minimum Gasteiger partial charge on any atom is -0.338 e. The molecule has 1 aromatic rings. The molecule has 1 amide bonds. The van der Waals surface area contributed by atoms with Crippen molar-refractivity contribution in [1.29, 1.82) is 0 Å². The van der Waals surface area contributed by atoms with Gasteiger partial charge in [-0.15, -0.1) is 0 Å². The molecule has 2 aliphatic rings. The quantitative estimate of drug-likeness (QED) is 0.796. The molecule has 0 aromatic carbocycles. The Kier molecular flexibility index (Phi) is 2.87. The molecule has 0 bridgehead atoms. The lowest BCUT2D eigenvalue weighted by Gasteiger charge is -2.32. The maximum Gasteiger partial charge on any atom is 0.225 e. The molecule has 0 spiro atoms. The van der Waals surface area contributed by atoms with Crippen molar-refractivity contribution in [3.05, 3.63) is 18.5 Å². The van der Waals surface area contributed by atoms with Gasteiger partial charge in [0.15, 0.2) is 0 Å². The summed E-state index contributed by atoms with van der Waals surface area (Å²) in [6, 6.07) is 2.30.